The number of ether oxygens (including phenoxy) is 1. The van der Waals surface area contributed by atoms with E-state index in [1.807, 2.05) is 6.07 Å². The minimum Gasteiger partial charge on any atom is -0.369 e. The Bertz CT molecular complexity index is 352. The van der Waals surface area contributed by atoms with Crippen molar-refractivity contribution in [1.82, 2.24) is 0 Å². The second-order valence-electron chi connectivity index (χ2n) is 4.34. The highest BCUT2D eigenvalue weighted by atomic mass is 79.9. The molecule has 1 aliphatic carbocycles. The van der Waals surface area contributed by atoms with Crippen LogP contribution in [0.3, 0.4) is 0 Å². The number of hydrogen-bond donors (Lipinski definition) is 0. The number of halogens is 2. The second kappa shape index (κ2) is 5.28. The summed E-state index contributed by atoms with van der Waals surface area (Å²) in [6.07, 6.45) is 2.53. The quantitative estimate of drug-likeness (QED) is 0.742. The minimum atomic E-state index is -0.185. The number of rotatable bonds is 5. The molecule has 0 saturated heterocycles. The standard InChI is InChI=1S/C13H16BrFO/c1-9(10-6-7-10)16-13(8-14)11-4-2-3-5-12(11)15/h2-5,9-10,13H,6-8H2,1H3. The van der Waals surface area contributed by atoms with Gasteiger partial charge in [0.05, 0.1) is 12.2 Å². The van der Waals surface area contributed by atoms with Gasteiger partial charge in [-0.2, -0.15) is 0 Å². The van der Waals surface area contributed by atoms with Crippen LogP contribution in [0.25, 0.3) is 0 Å². The summed E-state index contributed by atoms with van der Waals surface area (Å²) >= 11 is 3.39. The average molecular weight is 287 g/mol. The van der Waals surface area contributed by atoms with Crippen LogP contribution in [0, 0.1) is 11.7 Å². The zero-order valence-electron chi connectivity index (χ0n) is 9.33. The van der Waals surface area contributed by atoms with E-state index in [0.29, 0.717) is 16.8 Å². The van der Waals surface area contributed by atoms with Gasteiger partial charge in [-0.15, -0.1) is 0 Å². The molecule has 2 rings (SSSR count). The Kier molecular flexibility index (Phi) is 3.98. The van der Waals surface area contributed by atoms with Crippen LogP contribution in [0.2, 0.25) is 0 Å². The van der Waals surface area contributed by atoms with Gasteiger partial charge >= 0.3 is 0 Å². The number of hydrogen-bond acceptors (Lipinski definition) is 1. The summed E-state index contributed by atoms with van der Waals surface area (Å²) in [5.74, 6) is 0.489. The predicted octanol–water partition coefficient (Wildman–Crippen LogP) is 4.08. The molecule has 1 saturated carbocycles. The van der Waals surface area contributed by atoms with Crippen molar-refractivity contribution < 1.29 is 9.13 Å². The lowest BCUT2D eigenvalue weighted by Gasteiger charge is -2.21. The molecule has 2 atom stereocenters. The second-order valence-corrected chi connectivity index (χ2v) is 4.99. The third-order valence-electron chi connectivity index (χ3n) is 3.06. The Morgan fingerprint density at radius 3 is 2.69 bits per heavy atom. The van der Waals surface area contributed by atoms with Crippen molar-refractivity contribution in [3.05, 3.63) is 35.6 Å². The molecule has 1 aromatic carbocycles. The Hall–Kier alpha value is -0.410. The van der Waals surface area contributed by atoms with Gasteiger partial charge in [0.1, 0.15) is 5.82 Å². The maximum absolute atomic E-state index is 13.6. The molecule has 0 spiro atoms. The maximum atomic E-state index is 13.6. The van der Waals surface area contributed by atoms with Crippen LogP contribution < -0.4 is 0 Å². The van der Waals surface area contributed by atoms with Gasteiger partial charge in [-0.1, -0.05) is 34.1 Å². The first-order chi connectivity index (χ1) is 7.72. The molecule has 3 heteroatoms. The van der Waals surface area contributed by atoms with Gasteiger partial charge in [-0.05, 0) is 31.7 Å². The molecule has 0 aliphatic heterocycles. The summed E-state index contributed by atoms with van der Waals surface area (Å²) in [5.41, 5.74) is 0.645. The molecule has 2 unspecified atom stereocenters. The van der Waals surface area contributed by atoms with E-state index in [-0.39, 0.29) is 18.0 Å². The molecule has 1 nitrogen and oxygen atoms in total. The van der Waals surface area contributed by atoms with E-state index in [0.717, 1.165) is 0 Å². The average Bonchev–Trinajstić information content (AvgIpc) is 3.10. The minimum absolute atomic E-state index is 0.184. The van der Waals surface area contributed by atoms with Crippen molar-refractivity contribution in [1.29, 1.82) is 0 Å². The largest absolute Gasteiger partial charge is 0.369 e. The smallest absolute Gasteiger partial charge is 0.129 e. The maximum Gasteiger partial charge on any atom is 0.129 e. The first-order valence-electron chi connectivity index (χ1n) is 5.68. The van der Waals surface area contributed by atoms with Gasteiger partial charge in [0, 0.05) is 10.9 Å². The Labute approximate surface area is 104 Å². The Morgan fingerprint density at radius 1 is 1.44 bits per heavy atom. The van der Waals surface area contributed by atoms with E-state index in [1.165, 1.54) is 18.9 Å². The lowest BCUT2D eigenvalue weighted by molar-refractivity contribution is -0.00314. The van der Waals surface area contributed by atoms with Gasteiger partial charge in [0.2, 0.25) is 0 Å². The molecular formula is C13H16BrFO. The zero-order valence-corrected chi connectivity index (χ0v) is 10.9. The van der Waals surface area contributed by atoms with E-state index in [1.54, 1.807) is 12.1 Å². The highest BCUT2D eigenvalue weighted by Crippen LogP contribution is 2.37. The van der Waals surface area contributed by atoms with Crippen LogP contribution >= 0.6 is 15.9 Å². The third-order valence-corrected chi connectivity index (χ3v) is 3.65. The molecule has 88 valence electrons. The van der Waals surface area contributed by atoms with Crippen molar-refractivity contribution in [3.63, 3.8) is 0 Å². The van der Waals surface area contributed by atoms with Gasteiger partial charge in [-0.25, -0.2) is 4.39 Å². The predicted molar refractivity (Wildman–Crippen MR) is 66.2 cm³/mol. The molecule has 0 radical (unpaired) electrons. The summed E-state index contributed by atoms with van der Waals surface area (Å²) in [7, 11) is 0. The normalized spacial score (nSPS) is 19.4. The summed E-state index contributed by atoms with van der Waals surface area (Å²) < 4.78 is 19.5. The Morgan fingerprint density at radius 2 is 2.12 bits per heavy atom. The number of benzene rings is 1. The van der Waals surface area contributed by atoms with Crippen molar-refractivity contribution in [3.8, 4) is 0 Å². The van der Waals surface area contributed by atoms with E-state index < -0.39 is 0 Å². The van der Waals surface area contributed by atoms with Gasteiger partial charge in [-0.3, -0.25) is 0 Å². The molecule has 1 aromatic rings. The molecule has 0 N–H and O–H groups in total. The van der Waals surface area contributed by atoms with Crippen molar-refractivity contribution in [2.24, 2.45) is 5.92 Å². The topological polar surface area (TPSA) is 9.23 Å². The van der Waals surface area contributed by atoms with Crippen molar-refractivity contribution in [2.75, 3.05) is 5.33 Å². The fourth-order valence-electron chi connectivity index (χ4n) is 1.86. The monoisotopic (exact) mass is 286 g/mol. The van der Waals surface area contributed by atoms with Crippen LogP contribution in [0.4, 0.5) is 4.39 Å². The molecule has 0 aromatic heterocycles. The zero-order chi connectivity index (χ0) is 11.5. The van der Waals surface area contributed by atoms with E-state index in [2.05, 4.69) is 22.9 Å². The Balaban J connectivity index is 2.06. The summed E-state index contributed by atoms with van der Waals surface area (Å²) in [4.78, 5) is 0. The van der Waals surface area contributed by atoms with Crippen LogP contribution in [-0.4, -0.2) is 11.4 Å². The van der Waals surface area contributed by atoms with Gasteiger partial charge in [0.25, 0.3) is 0 Å². The van der Waals surface area contributed by atoms with E-state index in [9.17, 15) is 4.39 Å². The van der Waals surface area contributed by atoms with Crippen molar-refractivity contribution >= 4 is 15.9 Å². The van der Waals surface area contributed by atoms with E-state index >= 15 is 0 Å². The summed E-state index contributed by atoms with van der Waals surface area (Å²) in [6.45, 7) is 2.08. The molecular weight excluding hydrogens is 271 g/mol. The lowest BCUT2D eigenvalue weighted by Crippen LogP contribution is -2.17. The first kappa shape index (κ1) is 12.1. The molecule has 0 bridgehead atoms. The molecule has 0 amide bonds. The first-order valence-corrected chi connectivity index (χ1v) is 6.80. The SMILES string of the molecule is CC(OC(CBr)c1ccccc1F)C1CC1. The van der Waals surface area contributed by atoms with Crippen LogP contribution in [0.15, 0.2) is 24.3 Å². The van der Waals surface area contributed by atoms with E-state index in [4.69, 9.17) is 4.74 Å². The van der Waals surface area contributed by atoms with Crippen molar-refractivity contribution in [2.45, 2.75) is 32.0 Å². The van der Waals surface area contributed by atoms with Crippen LogP contribution in [-0.2, 0) is 4.74 Å². The summed E-state index contributed by atoms with van der Waals surface area (Å²) in [6, 6.07) is 6.82. The fraction of sp³-hybridized carbons (Fsp3) is 0.538. The number of alkyl halides is 1. The molecule has 0 heterocycles. The highest BCUT2D eigenvalue weighted by Gasteiger charge is 2.31. The van der Waals surface area contributed by atoms with Crippen LogP contribution in [0.5, 0.6) is 0 Å². The van der Waals surface area contributed by atoms with Gasteiger partial charge < -0.3 is 4.74 Å². The fourth-order valence-corrected chi connectivity index (χ4v) is 2.37. The summed E-state index contributed by atoms with van der Waals surface area (Å²) in [5, 5.41) is 0.630. The highest BCUT2D eigenvalue weighted by molar-refractivity contribution is 9.09. The molecule has 1 aliphatic rings. The van der Waals surface area contributed by atoms with Crippen LogP contribution in [0.1, 0.15) is 31.4 Å². The molecule has 16 heavy (non-hydrogen) atoms. The third kappa shape index (κ3) is 2.83. The van der Waals surface area contributed by atoms with Gasteiger partial charge in [0.15, 0.2) is 0 Å². The molecule has 1 fully saturated rings. The lowest BCUT2D eigenvalue weighted by atomic mass is 10.1.